The fraction of sp³-hybridized carbons (Fsp3) is 0.488. The molecule has 3 aliphatic rings. The number of sulfonamides is 1. The number of amides is 1. The quantitative estimate of drug-likeness (QED) is 0.0714. The van der Waals surface area contributed by atoms with E-state index in [0.717, 1.165) is 11.1 Å². The van der Waals surface area contributed by atoms with Crippen LogP contribution in [0.15, 0.2) is 77.7 Å². The molecule has 3 aromatic carbocycles. The number of aliphatic carboxylic acids is 1. The number of nitrogens with zero attached hydrogens (tertiary/aromatic N) is 2. The van der Waals surface area contributed by atoms with Crippen molar-refractivity contribution in [2.24, 2.45) is 11.8 Å². The number of para-hydroxylation sites is 1. The zero-order valence-electron chi connectivity index (χ0n) is 36.7. The smallest absolute Gasteiger partial charge is 0.417 e. The number of aliphatic hydroxyl groups excluding tert-OH is 1. The van der Waals surface area contributed by atoms with Crippen LogP contribution in [0.4, 0.5) is 4.79 Å². The first-order chi connectivity index (χ1) is 28.6. The molecule has 364 valence electrons. The second-order valence-electron chi connectivity index (χ2n) is 15.5. The van der Waals surface area contributed by atoms with Crippen molar-refractivity contribution in [3.05, 3.63) is 98.8 Å². The monoisotopic (exact) mass is 1120 g/mol. The van der Waals surface area contributed by atoms with Crippen molar-refractivity contribution >= 4 is 29.7 Å². The zero-order chi connectivity index (χ0) is 43.0. The van der Waals surface area contributed by atoms with Crippen LogP contribution in [0.1, 0.15) is 38.3 Å². The molecule has 21 heteroatoms. The van der Waals surface area contributed by atoms with Crippen LogP contribution in [-0.2, 0) is 91.9 Å². The number of benzene rings is 3. The van der Waals surface area contributed by atoms with Crippen LogP contribution >= 0.6 is 7.60 Å². The van der Waals surface area contributed by atoms with E-state index in [0.29, 0.717) is 44.0 Å². The Hall–Kier alpha value is -2.94. The van der Waals surface area contributed by atoms with Gasteiger partial charge in [-0.1, -0.05) is 38.1 Å². The molecule has 6 rings (SSSR count). The Balaban J connectivity index is 0.00000352. The zero-order valence-corrected chi connectivity index (χ0v) is 41.5. The van der Waals surface area contributed by atoms with E-state index in [1.165, 1.54) is 30.5 Å². The second kappa shape index (κ2) is 25.8. The number of hydrogen-bond acceptors (Lipinski definition) is 14. The molecule has 0 aromatic heterocycles. The van der Waals surface area contributed by atoms with E-state index < -0.39 is 66.7 Å². The van der Waals surface area contributed by atoms with Gasteiger partial charge in [-0.3, -0.25) is 9.42 Å². The van der Waals surface area contributed by atoms with Gasteiger partial charge in [0.15, 0.2) is 12.4 Å². The van der Waals surface area contributed by atoms with E-state index in [4.69, 9.17) is 32.7 Å². The number of carboxylic acids is 1. The van der Waals surface area contributed by atoms with Gasteiger partial charge >= 0.3 is 19.7 Å². The van der Waals surface area contributed by atoms with Gasteiger partial charge in [0.05, 0.1) is 43.3 Å². The predicted molar refractivity (Wildman–Crippen MR) is 230 cm³/mol. The number of carboxylic acid groups (broad SMARTS) is 1. The Bertz CT molecular complexity index is 2090. The van der Waals surface area contributed by atoms with Crippen LogP contribution < -0.4 is 19.3 Å². The van der Waals surface area contributed by atoms with E-state index in [9.17, 15) is 32.8 Å². The summed E-state index contributed by atoms with van der Waals surface area (Å²) in [6.07, 6.45) is -3.82. The van der Waals surface area contributed by atoms with Crippen LogP contribution in [0.2, 0.25) is 0 Å². The third-order valence-electron chi connectivity index (χ3n) is 10.4. The largest absolute Gasteiger partial charge is 0.497 e. The molecule has 0 spiro atoms. The van der Waals surface area contributed by atoms with Gasteiger partial charge < -0.3 is 58.6 Å². The SMILES string of the molecule is COc1ccc(S(=O)(=O)N(CC(C)C)C[C@@H](O)[C@H](CN2CCc3cc(OCP(=O)(Oc4ccccc4)O[C@@H](C)C(=O)O)ccc3C2)NC(=O)O[C@H]2CO[C@H]3OCC[C@H]32)cc1.[CH3-].[CH3-].[Pd].[Pd]. The van der Waals surface area contributed by atoms with Crippen LogP contribution in [0.25, 0.3) is 0 Å². The summed E-state index contributed by atoms with van der Waals surface area (Å²) in [6, 6.07) is 18.7. The van der Waals surface area contributed by atoms with E-state index in [1.807, 2.05) is 24.8 Å². The maximum atomic E-state index is 14.0. The Morgan fingerprint density at radius 3 is 2.30 bits per heavy atom. The number of methoxy groups -OCH3 is 1. The number of carbonyl (C=O) groups is 2. The molecule has 1 unspecified atom stereocenters. The van der Waals surface area contributed by atoms with E-state index in [1.54, 1.807) is 54.6 Å². The minimum atomic E-state index is -4.10. The number of rotatable bonds is 20. The van der Waals surface area contributed by atoms with Gasteiger partial charge in [0.2, 0.25) is 16.4 Å². The number of hydrogen-bond donors (Lipinski definition) is 3. The topological polar surface area (TPSA) is 209 Å². The van der Waals surface area contributed by atoms with Crippen LogP contribution in [0.5, 0.6) is 17.2 Å². The molecule has 2 fully saturated rings. The number of fused-ring (bicyclic) bond motifs is 2. The summed E-state index contributed by atoms with van der Waals surface area (Å²) in [5, 5.41) is 24.1. The minimum Gasteiger partial charge on any atom is -0.497 e. The number of ether oxygens (including phenoxy) is 5. The van der Waals surface area contributed by atoms with Crippen LogP contribution in [0.3, 0.4) is 0 Å². The molecule has 17 nitrogen and oxygen atoms in total. The minimum absolute atomic E-state index is 0. The third-order valence-corrected chi connectivity index (χ3v) is 13.9. The summed E-state index contributed by atoms with van der Waals surface area (Å²) in [5.41, 5.74) is 1.87. The van der Waals surface area contributed by atoms with Crippen molar-refractivity contribution in [1.29, 1.82) is 0 Å². The van der Waals surface area contributed by atoms with Gasteiger partial charge in [-0.05, 0) is 85.3 Å². The first-order valence-electron chi connectivity index (χ1n) is 19.9. The molecule has 1 amide bonds. The molecule has 0 aliphatic carbocycles. The van der Waals surface area contributed by atoms with E-state index in [-0.39, 0.29) is 104 Å². The number of nitrogens with one attached hydrogen (secondary N) is 1. The van der Waals surface area contributed by atoms with Gasteiger partial charge in [-0.15, -0.1) is 0 Å². The van der Waals surface area contributed by atoms with Crippen molar-refractivity contribution in [2.75, 3.05) is 52.9 Å². The van der Waals surface area contributed by atoms with Gasteiger partial charge in [-0.2, -0.15) is 4.31 Å². The van der Waals surface area contributed by atoms with E-state index >= 15 is 0 Å². The van der Waals surface area contributed by atoms with Crippen LogP contribution in [-0.4, -0.2) is 123 Å². The Kier molecular flexibility index (Phi) is 23.1. The van der Waals surface area contributed by atoms with Gasteiger partial charge in [-0.25, -0.2) is 22.6 Å². The molecular formula is C43H60N3O14PPd2S-2. The molecular weight excluding hydrogens is 1060 g/mol. The van der Waals surface area contributed by atoms with E-state index in [2.05, 4.69) is 5.32 Å². The number of alkyl carbamates (subject to hydrolysis) is 1. The van der Waals surface area contributed by atoms with Crippen molar-refractivity contribution in [3.8, 4) is 17.2 Å². The average Bonchev–Trinajstić information content (AvgIpc) is 3.85. The van der Waals surface area contributed by atoms with Crippen molar-refractivity contribution in [1.82, 2.24) is 14.5 Å². The standard InChI is InChI=1S/C41H54N3O14PS.2CH3.2Pd/c1-27(2)21-44(60(50,51)34-14-12-31(52-4)13-15-34)24-37(45)36(42-41(48)56-38-25-54-40-35(38)17-19-53-40)23-43-18-16-29-20-33(11-10-30(29)22-43)55-26-59(49,57-28(3)39(46)47)58-32-8-6-5-7-9-32;;;;/h5-15,20,27-28,35-38,40,45H,16-19,21-26H2,1-4H3,(H,42,48)(H,46,47);2*1H3;;/q;2*-1;;/t28-,35-,36-,37+,38-,40+,59?;;;;/m0..../s1. The first-order valence-corrected chi connectivity index (χ1v) is 23.0. The molecule has 64 heavy (non-hydrogen) atoms. The third kappa shape index (κ3) is 15.3. The molecule has 3 heterocycles. The molecule has 0 saturated carbocycles. The van der Waals surface area contributed by atoms with Gasteiger partial charge in [0.25, 0.3) is 0 Å². The maximum absolute atomic E-state index is 14.0. The number of aliphatic hydroxyl groups is 1. The molecule has 3 aliphatic heterocycles. The Labute approximate surface area is 404 Å². The number of carbonyl (C=O) groups excluding carboxylic acids is 1. The summed E-state index contributed by atoms with van der Waals surface area (Å²) in [5.74, 6) is -0.389. The van der Waals surface area contributed by atoms with Crippen LogP contribution in [0, 0.1) is 26.7 Å². The normalized spacial score (nSPS) is 20.3. The fourth-order valence-corrected chi connectivity index (χ4v) is 10.4. The molecule has 7 atom stereocenters. The van der Waals surface area contributed by atoms with Gasteiger partial charge in [0, 0.05) is 73.6 Å². The summed E-state index contributed by atoms with van der Waals surface area (Å²) in [7, 11) is -6.67. The van der Waals surface area contributed by atoms with Crippen molar-refractivity contribution < 1.29 is 106 Å². The molecule has 2 saturated heterocycles. The fourth-order valence-electron chi connectivity index (χ4n) is 7.32. The van der Waals surface area contributed by atoms with Crippen molar-refractivity contribution in [2.45, 2.75) is 75.7 Å². The van der Waals surface area contributed by atoms with Gasteiger partial charge in [0.1, 0.15) is 23.4 Å². The summed E-state index contributed by atoms with van der Waals surface area (Å²) >= 11 is 0. The maximum Gasteiger partial charge on any atom is 0.417 e. The summed E-state index contributed by atoms with van der Waals surface area (Å²) in [6.45, 7) is 6.59. The molecule has 3 N–H and O–H groups in total. The molecule has 0 bridgehead atoms. The predicted octanol–water partition coefficient (Wildman–Crippen LogP) is 5.61. The molecule has 0 radical (unpaired) electrons. The summed E-state index contributed by atoms with van der Waals surface area (Å²) in [4.78, 5) is 27.1. The Morgan fingerprint density at radius 1 is 0.953 bits per heavy atom. The average molecular weight is 1120 g/mol. The second-order valence-corrected chi connectivity index (χ2v) is 19.3. The van der Waals surface area contributed by atoms with Crippen molar-refractivity contribution in [3.63, 3.8) is 0 Å². The molecule has 3 aromatic rings. The summed E-state index contributed by atoms with van der Waals surface area (Å²) < 4.78 is 82.0. The first kappa shape index (κ1) is 57.2. The Morgan fingerprint density at radius 2 is 1.64 bits per heavy atom.